The van der Waals surface area contributed by atoms with Gasteiger partial charge in [-0.25, -0.2) is 4.79 Å². The van der Waals surface area contributed by atoms with E-state index in [1.54, 1.807) is 4.90 Å². The number of halogens is 2. The molecule has 1 aliphatic heterocycles. The van der Waals surface area contributed by atoms with Gasteiger partial charge in [0.1, 0.15) is 6.61 Å². The Bertz CT molecular complexity index is 1080. The highest BCUT2D eigenvalue weighted by atomic mass is 79.9. The van der Waals surface area contributed by atoms with Crippen LogP contribution in [0.2, 0.25) is 5.02 Å². The van der Waals surface area contributed by atoms with Crippen LogP contribution >= 0.6 is 27.5 Å². The van der Waals surface area contributed by atoms with E-state index in [-0.39, 0.29) is 19.2 Å². The van der Waals surface area contributed by atoms with Crippen LogP contribution in [0.25, 0.3) is 0 Å². The Morgan fingerprint density at radius 3 is 2.48 bits per heavy atom. The van der Waals surface area contributed by atoms with Crippen molar-refractivity contribution in [3.63, 3.8) is 0 Å². The highest BCUT2D eigenvalue weighted by Gasteiger charge is 2.38. The predicted molar refractivity (Wildman–Crippen MR) is 133 cm³/mol. The molecule has 1 N–H and O–H groups in total. The summed E-state index contributed by atoms with van der Waals surface area (Å²) in [6, 6.07) is 25.1. The molecule has 0 aromatic heterocycles. The van der Waals surface area contributed by atoms with Crippen molar-refractivity contribution in [3.05, 3.63) is 105 Å². The van der Waals surface area contributed by atoms with Crippen molar-refractivity contribution in [3.8, 4) is 0 Å². The first-order valence-electron chi connectivity index (χ1n) is 10.8. The monoisotopic (exact) mass is 528 g/mol. The van der Waals surface area contributed by atoms with Gasteiger partial charge in [-0.3, -0.25) is 4.90 Å². The van der Waals surface area contributed by atoms with Crippen molar-refractivity contribution in [1.82, 2.24) is 9.80 Å². The summed E-state index contributed by atoms with van der Waals surface area (Å²) < 4.78 is 6.50. The van der Waals surface area contributed by atoms with Crippen LogP contribution in [0.5, 0.6) is 0 Å². The van der Waals surface area contributed by atoms with E-state index < -0.39 is 12.2 Å². The fraction of sp³-hybridized carbons (Fsp3) is 0.269. The van der Waals surface area contributed by atoms with Gasteiger partial charge in [-0.2, -0.15) is 0 Å². The van der Waals surface area contributed by atoms with Crippen molar-refractivity contribution < 1.29 is 14.6 Å². The van der Waals surface area contributed by atoms with Crippen LogP contribution in [0.3, 0.4) is 0 Å². The molecular formula is C26H26BrClN2O3. The largest absolute Gasteiger partial charge is 0.445 e. The first-order chi connectivity index (χ1) is 16.0. The average molecular weight is 530 g/mol. The number of carbonyl (C=O) groups is 1. The summed E-state index contributed by atoms with van der Waals surface area (Å²) in [5.74, 6) is 0. The standard InChI is InChI=1S/C26H26BrClN2O3/c27-23-12-5-4-10-21(23)15-29(14-20-9-6-11-22(28)13-20)24-16-30(17-25(24)31)26(32)33-18-19-7-2-1-3-8-19/h1-13,24-25,31H,14-18H2/t24-,25-/m1/s1. The Balaban J connectivity index is 1.48. The van der Waals surface area contributed by atoms with E-state index >= 15 is 0 Å². The minimum atomic E-state index is -0.684. The zero-order chi connectivity index (χ0) is 23.2. The van der Waals surface area contributed by atoms with E-state index in [2.05, 4.69) is 26.9 Å². The summed E-state index contributed by atoms with van der Waals surface area (Å²) in [7, 11) is 0. The lowest BCUT2D eigenvalue weighted by Gasteiger charge is -2.31. The fourth-order valence-corrected chi connectivity index (χ4v) is 4.72. The number of rotatable bonds is 7. The van der Waals surface area contributed by atoms with E-state index in [9.17, 15) is 9.90 Å². The lowest BCUT2D eigenvalue weighted by Crippen LogP contribution is -2.42. The van der Waals surface area contributed by atoms with Gasteiger partial charge in [-0.05, 0) is 34.9 Å². The molecule has 0 radical (unpaired) electrons. The molecule has 1 saturated heterocycles. The molecule has 0 unspecified atom stereocenters. The number of aliphatic hydroxyl groups excluding tert-OH is 1. The van der Waals surface area contributed by atoms with Crippen LogP contribution in [0, 0.1) is 0 Å². The Hall–Kier alpha value is -2.38. The lowest BCUT2D eigenvalue weighted by atomic mass is 10.1. The summed E-state index contributed by atoms with van der Waals surface area (Å²) in [6.07, 6.45) is -1.10. The first-order valence-corrected chi connectivity index (χ1v) is 12.0. The maximum atomic E-state index is 12.7. The predicted octanol–water partition coefficient (Wildman–Crippen LogP) is 5.49. The third kappa shape index (κ3) is 6.36. The van der Waals surface area contributed by atoms with Gasteiger partial charge >= 0.3 is 6.09 Å². The maximum absolute atomic E-state index is 12.7. The Kier molecular flexibility index (Phi) is 8.04. The molecule has 33 heavy (non-hydrogen) atoms. The average Bonchev–Trinajstić information content (AvgIpc) is 3.21. The normalized spacial score (nSPS) is 18.0. The number of hydrogen-bond donors (Lipinski definition) is 1. The molecule has 0 aliphatic carbocycles. The second kappa shape index (κ2) is 11.2. The molecule has 1 fully saturated rings. The second-order valence-electron chi connectivity index (χ2n) is 8.21. The van der Waals surface area contributed by atoms with Crippen molar-refractivity contribution >= 4 is 33.6 Å². The molecule has 3 aromatic carbocycles. The molecule has 1 aliphatic rings. The molecule has 5 nitrogen and oxygen atoms in total. The molecule has 0 bridgehead atoms. The topological polar surface area (TPSA) is 53.0 Å². The van der Waals surface area contributed by atoms with Crippen LogP contribution in [-0.2, 0) is 24.4 Å². The third-order valence-corrected chi connectivity index (χ3v) is 6.81. The number of ether oxygens (including phenoxy) is 1. The molecule has 3 aromatic rings. The second-order valence-corrected chi connectivity index (χ2v) is 9.50. The van der Waals surface area contributed by atoms with Crippen molar-refractivity contribution in [2.75, 3.05) is 13.1 Å². The van der Waals surface area contributed by atoms with Gasteiger partial charge < -0.3 is 14.7 Å². The zero-order valence-corrected chi connectivity index (χ0v) is 20.5. The Morgan fingerprint density at radius 2 is 1.73 bits per heavy atom. The molecular weight excluding hydrogens is 504 g/mol. The maximum Gasteiger partial charge on any atom is 0.410 e. The van der Waals surface area contributed by atoms with Crippen LogP contribution in [0.15, 0.2) is 83.3 Å². The molecule has 4 rings (SSSR count). The summed E-state index contributed by atoms with van der Waals surface area (Å²) >= 11 is 9.84. The zero-order valence-electron chi connectivity index (χ0n) is 18.1. The minimum Gasteiger partial charge on any atom is -0.445 e. The van der Waals surface area contributed by atoms with Gasteiger partial charge in [0.05, 0.1) is 18.7 Å². The number of aliphatic hydroxyl groups is 1. The number of nitrogens with zero attached hydrogens (tertiary/aromatic N) is 2. The van der Waals surface area contributed by atoms with E-state index in [0.29, 0.717) is 24.7 Å². The van der Waals surface area contributed by atoms with Gasteiger partial charge in [0.2, 0.25) is 0 Å². The number of likely N-dealkylation sites (tertiary alicyclic amines) is 1. The highest BCUT2D eigenvalue weighted by Crippen LogP contribution is 2.26. The van der Waals surface area contributed by atoms with E-state index in [4.69, 9.17) is 16.3 Å². The summed E-state index contributed by atoms with van der Waals surface area (Å²) in [4.78, 5) is 16.5. The summed E-state index contributed by atoms with van der Waals surface area (Å²) in [6.45, 7) is 2.04. The number of benzene rings is 3. The molecule has 0 spiro atoms. The molecule has 2 atom stereocenters. The van der Waals surface area contributed by atoms with Gasteiger partial charge in [0.15, 0.2) is 0 Å². The third-order valence-electron chi connectivity index (χ3n) is 5.80. The highest BCUT2D eigenvalue weighted by molar-refractivity contribution is 9.10. The fourth-order valence-electron chi connectivity index (χ4n) is 4.09. The van der Waals surface area contributed by atoms with Crippen LogP contribution in [-0.4, -0.2) is 46.2 Å². The molecule has 0 saturated carbocycles. The van der Waals surface area contributed by atoms with Gasteiger partial charge in [-0.1, -0.05) is 88.2 Å². The van der Waals surface area contributed by atoms with Crippen molar-refractivity contribution in [2.45, 2.75) is 31.8 Å². The molecule has 7 heteroatoms. The number of carbonyl (C=O) groups excluding carboxylic acids is 1. The van der Waals surface area contributed by atoms with Crippen LogP contribution in [0.1, 0.15) is 16.7 Å². The Labute approximate surface area is 207 Å². The van der Waals surface area contributed by atoms with Crippen molar-refractivity contribution in [1.29, 1.82) is 0 Å². The SMILES string of the molecule is O=C(OCc1ccccc1)N1C[C@@H](O)[C@H](N(Cc2cccc(Cl)c2)Cc2ccccc2Br)C1. The van der Waals surface area contributed by atoms with E-state index in [0.717, 1.165) is 21.2 Å². The van der Waals surface area contributed by atoms with Gasteiger partial charge in [0, 0.05) is 29.1 Å². The van der Waals surface area contributed by atoms with Crippen LogP contribution in [0.4, 0.5) is 4.79 Å². The quantitative estimate of drug-likeness (QED) is 0.440. The van der Waals surface area contributed by atoms with E-state index in [1.165, 1.54) is 0 Å². The number of hydrogen-bond acceptors (Lipinski definition) is 4. The van der Waals surface area contributed by atoms with Crippen LogP contribution < -0.4 is 0 Å². The summed E-state index contributed by atoms with van der Waals surface area (Å²) in [5, 5.41) is 11.6. The smallest absolute Gasteiger partial charge is 0.410 e. The summed E-state index contributed by atoms with van der Waals surface area (Å²) in [5.41, 5.74) is 3.09. The minimum absolute atomic E-state index is 0.208. The number of β-amino-alcohol motifs (C(OH)–C–C–N with tert-alkyl or cyclic N) is 1. The van der Waals surface area contributed by atoms with Crippen molar-refractivity contribution in [2.24, 2.45) is 0 Å². The molecule has 172 valence electrons. The number of amides is 1. The molecule has 1 heterocycles. The van der Waals surface area contributed by atoms with Gasteiger partial charge in [0.25, 0.3) is 0 Å². The lowest BCUT2D eigenvalue weighted by molar-refractivity contribution is 0.0727. The van der Waals surface area contributed by atoms with Gasteiger partial charge in [-0.15, -0.1) is 0 Å². The Morgan fingerprint density at radius 1 is 1.00 bits per heavy atom. The van der Waals surface area contributed by atoms with E-state index in [1.807, 2.05) is 72.8 Å². The molecule has 1 amide bonds. The first kappa shape index (κ1) is 23.8.